The van der Waals surface area contributed by atoms with Crippen molar-refractivity contribution in [3.05, 3.63) is 28.6 Å². The molecule has 2 rings (SSSR count). The van der Waals surface area contributed by atoms with Crippen molar-refractivity contribution >= 4 is 18.0 Å². The molecule has 1 aliphatic carbocycles. The Morgan fingerprint density at radius 1 is 1.38 bits per heavy atom. The minimum atomic E-state index is -0.769. The molecule has 1 aromatic rings. The molecule has 26 heavy (non-hydrogen) atoms. The molecule has 1 amide bonds. The van der Waals surface area contributed by atoms with Gasteiger partial charge in [0.25, 0.3) is 5.91 Å². The predicted molar refractivity (Wildman–Crippen MR) is 99.1 cm³/mol. The Hall–Kier alpha value is -2.55. The molecule has 0 aromatic carbocycles. The van der Waals surface area contributed by atoms with E-state index in [1.54, 1.807) is 0 Å². The molecule has 0 saturated heterocycles. The molecule has 6 heteroatoms. The zero-order chi connectivity index (χ0) is 19.1. The van der Waals surface area contributed by atoms with Crippen LogP contribution in [-0.4, -0.2) is 29.1 Å². The van der Waals surface area contributed by atoms with Crippen molar-refractivity contribution in [3.63, 3.8) is 0 Å². The molecular formula is C20H27N3O3. The summed E-state index contributed by atoms with van der Waals surface area (Å²) < 4.78 is 7.17. The number of rotatable bonds is 7. The number of nitriles is 1. The van der Waals surface area contributed by atoms with Crippen LogP contribution < -0.4 is 5.32 Å². The number of esters is 1. The number of nitrogens with zero attached hydrogens (tertiary/aromatic N) is 2. The van der Waals surface area contributed by atoms with E-state index in [9.17, 15) is 14.9 Å². The summed E-state index contributed by atoms with van der Waals surface area (Å²) >= 11 is 0. The highest BCUT2D eigenvalue weighted by molar-refractivity contribution is 5.99. The summed E-state index contributed by atoms with van der Waals surface area (Å²) in [6, 6.07) is 4.00. The molecule has 1 aromatic heterocycles. The lowest BCUT2D eigenvalue weighted by Gasteiger charge is -2.11. The van der Waals surface area contributed by atoms with Crippen LogP contribution >= 0.6 is 0 Å². The maximum atomic E-state index is 12.1. The Morgan fingerprint density at radius 2 is 2.08 bits per heavy atom. The van der Waals surface area contributed by atoms with Crippen LogP contribution in [0.5, 0.6) is 0 Å². The maximum absolute atomic E-state index is 12.1. The molecule has 1 N–H and O–H groups in total. The van der Waals surface area contributed by atoms with Gasteiger partial charge in [-0.05, 0) is 50.8 Å². The van der Waals surface area contributed by atoms with Crippen LogP contribution in [0.15, 0.2) is 11.6 Å². The average molecular weight is 357 g/mol. The molecule has 6 nitrogen and oxygen atoms in total. The number of carbonyl (C=O) groups is 2. The van der Waals surface area contributed by atoms with Crippen LogP contribution in [0.25, 0.3) is 6.08 Å². The monoisotopic (exact) mass is 357 g/mol. The zero-order valence-electron chi connectivity index (χ0n) is 15.8. The van der Waals surface area contributed by atoms with Crippen LogP contribution in [0.3, 0.4) is 0 Å². The van der Waals surface area contributed by atoms with Gasteiger partial charge in [0.05, 0.1) is 0 Å². The summed E-state index contributed by atoms with van der Waals surface area (Å²) in [6.07, 6.45) is 6.70. The van der Waals surface area contributed by atoms with E-state index in [4.69, 9.17) is 4.74 Å². The fraction of sp³-hybridized carbons (Fsp3) is 0.550. The van der Waals surface area contributed by atoms with Crippen molar-refractivity contribution in [2.45, 2.75) is 65.5 Å². The van der Waals surface area contributed by atoms with Gasteiger partial charge in [0.15, 0.2) is 6.61 Å². The number of ether oxygens (including phenoxy) is 1. The topological polar surface area (TPSA) is 84.1 Å². The number of carbonyl (C=O) groups excluding carboxylic acids is 2. The van der Waals surface area contributed by atoms with Crippen LogP contribution in [0.1, 0.15) is 56.0 Å². The Balaban J connectivity index is 1.99. The SMILES string of the molecule is CCCn1c(C)cc(/C=C(\C#N)C(=O)OCC(=O)NC2CCCC2)c1C. The summed E-state index contributed by atoms with van der Waals surface area (Å²) in [5.41, 5.74) is 2.80. The normalized spacial score (nSPS) is 14.9. The molecule has 0 radical (unpaired) electrons. The highest BCUT2D eigenvalue weighted by Gasteiger charge is 2.19. The van der Waals surface area contributed by atoms with Gasteiger partial charge in [0.1, 0.15) is 11.6 Å². The number of amides is 1. The average Bonchev–Trinajstić information content (AvgIpc) is 3.21. The number of aryl methyl sites for hydroxylation is 1. The first-order chi connectivity index (χ1) is 12.5. The van der Waals surface area contributed by atoms with Crippen LogP contribution in [0, 0.1) is 25.2 Å². The van der Waals surface area contributed by atoms with Crippen LogP contribution in [0.2, 0.25) is 0 Å². The van der Waals surface area contributed by atoms with Gasteiger partial charge in [-0.1, -0.05) is 19.8 Å². The third kappa shape index (κ3) is 4.98. The molecule has 1 saturated carbocycles. The zero-order valence-corrected chi connectivity index (χ0v) is 15.8. The lowest BCUT2D eigenvalue weighted by atomic mass is 10.1. The Morgan fingerprint density at radius 3 is 2.69 bits per heavy atom. The number of hydrogen-bond donors (Lipinski definition) is 1. The molecule has 0 atom stereocenters. The lowest BCUT2D eigenvalue weighted by molar-refractivity contribution is -0.144. The van der Waals surface area contributed by atoms with Gasteiger partial charge in [-0.25, -0.2) is 4.79 Å². The number of aromatic nitrogens is 1. The van der Waals surface area contributed by atoms with E-state index in [1.807, 2.05) is 26.0 Å². The molecule has 0 aliphatic heterocycles. The molecule has 1 heterocycles. The van der Waals surface area contributed by atoms with Crippen LogP contribution in [-0.2, 0) is 20.9 Å². The first kappa shape index (κ1) is 19.8. The minimum Gasteiger partial charge on any atom is -0.451 e. The van der Waals surface area contributed by atoms with Crippen LogP contribution in [0.4, 0.5) is 0 Å². The summed E-state index contributed by atoms with van der Waals surface area (Å²) in [7, 11) is 0. The fourth-order valence-corrected chi connectivity index (χ4v) is 3.38. The molecule has 0 unspecified atom stereocenters. The number of hydrogen-bond acceptors (Lipinski definition) is 4. The number of nitrogens with one attached hydrogen (secondary N) is 1. The quantitative estimate of drug-likeness (QED) is 0.462. The fourth-order valence-electron chi connectivity index (χ4n) is 3.38. The van der Waals surface area contributed by atoms with Crippen molar-refractivity contribution in [3.8, 4) is 6.07 Å². The molecule has 140 valence electrons. The van der Waals surface area contributed by atoms with E-state index in [0.29, 0.717) is 0 Å². The van der Waals surface area contributed by atoms with Crippen molar-refractivity contribution in [1.29, 1.82) is 5.26 Å². The van der Waals surface area contributed by atoms with Gasteiger partial charge in [-0.15, -0.1) is 0 Å². The first-order valence-electron chi connectivity index (χ1n) is 9.21. The van der Waals surface area contributed by atoms with Gasteiger partial charge in [-0.2, -0.15) is 5.26 Å². The van der Waals surface area contributed by atoms with Crippen molar-refractivity contribution in [2.75, 3.05) is 6.61 Å². The van der Waals surface area contributed by atoms with E-state index in [-0.39, 0.29) is 24.1 Å². The standard InChI is InChI=1S/C20H27N3O3/c1-4-9-23-14(2)10-16(15(23)3)11-17(12-21)20(25)26-13-19(24)22-18-7-5-6-8-18/h10-11,18H,4-9,13H2,1-3H3,(H,22,24)/b17-11+. The Bertz CT molecular complexity index is 734. The smallest absolute Gasteiger partial charge is 0.349 e. The predicted octanol–water partition coefficient (Wildman–Crippen LogP) is 3.02. The maximum Gasteiger partial charge on any atom is 0.349 e. The highest BCUT2D eigenvalue weighted by Crippen LogP contribution is 2.19. The van der Waals surface area contributed by atoms with Gasteiger partial charge >= 0.3 is 5.97 Å². The Kier molecular flexibility index (Phi) is 7.02. The molecule has 0 bridgehead atoms. The van der Waals surface area contributed by atoms with Crippen molar-refractivity contribution in [1.82, 2.24) is 9.88 Å². The van der Waals surface area contributed by atoms with E-state index >= 15 is 0 Å². The summed E-state index contributed by atoms with van der Waals surface area (Å²) in [5.74, 6) is -1.09. The van der Waals surface area contributed by atoms with Crippen molar-refractivity contribution in [2.24, 2.45) is 0 Å². The molecule has 0 spiro atoms. The first-order valence-corrected chi connectivity index (χ1v) is 9.21. The van der Waals surface area contributed by atoms with Gasteiger partial charge in [0.2, 0.25) is 0 Å². The molecular weight excluding hydrogens is 330 g/mol. The molecule has 1 aliphatic rings. The second-order valence-corrected chi connectivity index (χ2v) is 6.77. The van der Waals surface area contributed by atoms with Gasteiger partial charge in [-0.3, -0.25) is 4.79 Å². The highest BCUT2D eigenvalue weighted by atomic mass is 16.5. The summed E-state index contributed by atoms with van der Waals surface area (Å²) in [6.45, 7) is 6.59. The second-order valence-electron chi connectivity index (χ2n) is 6.77. The summed E-state index contributed by atoms with van der Waals surface area (Å²) in [5, 5.41) is 12.1. The second kappa shape index (κ2) is 9.23. The van der Waals surface area contributed by atoms with Crippen molar-refractivity contribution < 1.29 is 14.3 Å². The summed E-state index contributed by atoms with van der Waals surface area (Å²) in [4.78, 5) is 24.0. The molecule has 1 fully saturated rings. The Labute approximate surface area is 154 Å². The third-order valence-corrected chi connectivity index (χ3v) is 4.75. The van der Waals surface area contributed by atoms with E-state index in [2.05, 4.69) is 16.8 Å². The minimum absolute atomic E-state index is 0.101. The van der Waals surface area contributed by atoms with E-state index in [1.165, 1.54) is 6.08 Å². The third-order valence-electron chi connectivity index (χ3n) is 4.75. The van der Waals surface area contributed by atoms with E-state index in [0.717, 1.165) is 55.6 Å². The van der Waals surface area contributed by atoms with Gasteiger partial charge < -0.3 is 14.6 Å². The lowest BCUT2D eigenvalue weighted by Crippen LogP contribution is -2.36. The van der Waals surface area contributed by atoms with E-state index < -0.39 is 5.97 Å². The van der Waals surface area contributed by atoms with Gasteiger partial charge in [0, 0.05) is 24.0 Å². The largest absolute Gasteiger partial charge is 0.451 e.